The van der Waals surface area contributed by atoms with Crippen molar-refractivity contribution in [2.45, 2.75) is 16.3 Å². The quantitative estimate of drug-likeness (QED) is 0.242. The minimum absolute atomic E-state index is 0.384. The summed E-state index contributed by atoms with van der Waals surface area (Å²) >= 11 is 4.74. The molecular formula is C18H14BrN5O2S. The third-order valence-electron chi connectivity index (χ3n) is 3.26. The summed E-state index contributed by atoms with van der Waals surface area (Å²) in [5, 5.41) is 3.57. The second kappa shape index (κ2) is 9.24. The molecule has 0 amide bonds. The van der Waals surface area contributed by atoms with E-state index in [0.717, 1.165) is 9.37 Å². The number of nitrogens with zero attached hydrogens (tertiary/aromatic N) is 4. The molecule has 136 valence electrons. The van der Waals surface area contributed by atoms with Gasteiger partial charge in [0.15, 0.2) is 5.16 Å². The van der Waals surface area contributed by atoms with Gasteiger partial charge in [-0.15, -0.1) is 4.91 Å². The zero-order valence-electron chi connectivity index (χ0n) is 13.9. The Labute approximate surface area is 168 Å². The molecule has 9 heteroatoms. The summed E-state index contributed by atoms with van der Waals surface area (Å²) in [6.07, 6.45) is 3.65. The van der Waals surface area contributed by atoms with Crippen LogP contribution in [0.15, 0.2) is 85.6 Å². The molecule has 0 aliphatic rings. The van der Waals surface area contributed by atoms with E-state index in [1.807, 2.05) is 24.3 Å². The van der Waals surface area contributed by atoms with Crippen molar-refractivity contribution in [2.24, 2.45) is 10.2 Å². The molecule has 0 aliphatic carbocycles. The van der Waals surface area contributed by atoms with Gasteiger partial charge in [0.1, 0.15) is 5.75 Å². The third kappa shape index (κ3) is 5.60. The van der Waals surface area contributed by atoms with Crippen molar-refractivity contribution in [1.82, 2.24) is 9.97 Å². The van der Waals surface area contributed by atoms with Gasteiger partial charge in [-0.25, -0.2) is 9.97 Å². The number of anilines is 1. The highest BCUT2D eigenvalue weighted by molar-refractivity contribution is 9.10. The van der Waals surface area contributed by atoms with Gasteiger partial charge < -0.3 is 10.5 Å². The number of hydrogen-bond acceptors (Lipinski definition) is 8. The fraction of sp³-hybridized carbons (Fsp3) is 0.0556. The van der Waals surface area contributed by atoms with Crippen molar-refractivity contribution in [3.63, 3.8) is 0 Å². The van der Waals surface area contributed by atoms with Crippen LogP contribution in [0.2, 0.25) is 0 Å². The molecule has 7 nitrogen and oxygen atoms in total. The SMILES string of the molecule is Nc1ccccc1OC(C=Nc1ccc(Sc2ncc(Br)cn2)cc1)N=O. The number of rotatable bonds is 7. The van der Waals surface area contributed by atoms with E-state index in [2.05, 4.69) is 36.1 Å². The average Bonchev–Trinajstić information content (AvgIpc) is 2.69. The summed E-state index contributed by atoms with van der Waals surface area (Å²) in [4.78, 5) is 24.6. The largest absolute Gasteiger partial charge is 0.458 e. The maximum Gasteiger partial charge on any atom is 0.265 e. The molecule has 0 bridgehead atoms. The third-order valence-corrected chi connectivity index (χ3v) is 4.58. The highest BCUT2D eigenvalue weighted by Gasteiger charge is 2.09. The first-order valence-corrected chi connectivity index (χ1v) is 9.38. The van der Waals surface area contributed by atoms with Crippen molar-refractivity contribution < 1.29 is 4.74 Å². The van der Waals surface area contributed by atoms with E-state index in [-0.39, 0.29) is 0 Å². The topological polar surface area (TPSA) is 103 Å². The number of nitrogen functional groups attached to an aromatic ring is 1. The molecule has 27 heavy (non-hydrogen) atoms. The van der Waals surface area contributed by atoms with Crippen LogP contribution < -0.4 is 10.5 Å². The summed E-state index contributed by atoms with van der Waals surface area (Å²) < 4.78 is 6.28. The molecule has 0 saturated heterocycles. The first kappa shape index (κ1) is 19.0. The number of ether oxygens (including phenoxy) is 1. The Morgan fingerprint density at radius 1 is 1.11 bits per heavy atom. The highest BCUT2D eigenvalue weighted by atomic mass is 79.9. The lowest BCUT2D eigenvalue weighted by atomic mass is 10.3. The monoisotopic (exact) mass is 443 g/mol. The Balaban J connectivity index is 1.63. The van der Waals surface area contributed by atoms with Crippen molar-refractivity contribution in [2.75, 3.05) is 5.73 Å². The van der Waals surface area contributed by atoms with Crippen molar-refractivity contribution in [3.8, 4) is 5.75 Å². The van der Waals surface area contributed by atoms with Crippen LogP contribution in [-0.4, -0.2) is 22.4 Å². The summed E-state index contributed by atoms with van der Waals surface area (Å²) in [6.45, 7) is 0. The van der Waals surface area contributed by atoms with Gasteiger partial charge in [0.2, 0.25) is 0 Å². The van der Waals surface area contributed by atoms with E-state index in [9.17, 15) is 4.91 Å². The number of nitrogens with two attached hydrogens (primary N) is 1. The normalized spacial score (nSPS) is 12.0. The predicted octanol–water partition coefficient (Wildman–Crippen LogP) is 4.85. The van der Waals surface area contributed by atoms with Crippen LogP contribution in [0.3, 0.4) is 0 Å². The zero-order chi connectivity index (χ0) is 19.1. The summed E-state index contributed by atoms with van der Waals surface area (Å²) in [6, 6.07) is 14.3. The molecular weight excluding hydrogens is 430 g/mol. The number of aliphatic imine (C=N–C) groups is 1. The molecule has 0 aliphatic heterocycles. The Bertz CT molecular complexity index is 935. The van der Waals surface area contributed by atoms with Crippen LogP contribution >= 0.6 is 27.7 Å². The van der Waals surface area contributed by atoms with E-state index in [1.165, 1.54) is 18.0 Å². The standard InChI is InChI=1S/C18H14BrN5O2S/c19-12-9-22-18(23-10-12)27-14-7-5-13(6-8-14)21-11-17(24-25)26-16-4-2-1-3-15(16)20/h1-11,17H,20H2. The van der Waals surface area contributed by atoms with E-state index >= 15 is 0 Å². The highest BCUT2D eigenvalue weighted by Crippen LogP contribution is 2.27. The molecule has 1 aromatic heterocycles. The smallest absolute Gasteiger partial charge is 0.265 e. The molecule has 1 atom stereocenters. The van der Waals surface area contributed by atoms with Crippen molar-refractivity contribution >= 4 is 45.3 Å². The zero-order valence-corrected chi connectivity index (χ0v) is 16.3. The van der Waals surface area contributed by atoms with Crippen LogP contribution in [-0.2, 0) is 0 Å². The number of para-hydroxylation sites is 2. The van der Waals surface area contributed by atoms with Crippen molar-refractivity contribution in [3.05, 3.63) is 70.3 Å². The maximum absolute atomic E-state index is 11.0. The maximum atomic E-state index is 11.0. The van der Waals surface area contributed by atoms with Crippen LogP contribution in [0, 0.1) is 4.91 Å². The van der Waals surface area contributed by atoms with E-state index in [1.54, 1.807) is 36.7 Å². The lowest BCUT2D eigenvalue weighted by Crippen LogP contribution is -2.15. The number of nitroso groups, excluding NO2 is 1. The molecule has 0 saturated carbocycles. The summed E-state index contributed by atoms with van der Waals surface area (Å²) in [7, 11) is 0. The lowest BCUT2D eigenvalue weighted by Gasteiger charge is -2.09. The summed E-state index contributed by atoms with van der Waals surface area (Å²) in [5.41, 5.74) is 6.88. The molecule has 2 N–H and O–H groups in total. The molecule has 0 fully saturated rings. The Kier molecular flexibility index (Phi) is 6.50. The molecule has 2 aromatic carbocycles. The van der Waals surface area contributed by atoms with E-state index < -0.39 is 6.23 Å². The van der Waals surface area contributed by atoms with Gasteiger partial charge in [-0.1, -0.05) is 12.1 Å². The average molecular weight is 444 g/mol. The van der Waals surface area contributed by atoms with E-state index in [0.29, 0.717) is 22.3 Å². The van der Waals surface area contributed by atoms with Gasteiger partial charge in [0.05, 0.1) is 22.1 Å². The molecule has 1 unspecified atom stereocenters. The van der Waals surface area contributed by atoms with Gasteiger partial charge in [0, 0.05) is 17.3 Å². The van der Waals surface area contributed by atoms with Crippen LogP contribution in [0.5, 0.6) is 5.75 Å². The lowest BCUT2D eigenvalue weighted by molar-refractivity contribution is 0.282. The van der Waals surface area contributed by atoms with E-state index in [4.69, 9.17) is 10.5 Å². The number of aromatic nitrogens is 2. The Morgan fingerprint density at radius 3 is 2.48 bits per heavy atom. The van der Waals surface area contributed by atoms with Gasteiger partial charge >= 0.3 is 0 Å². The van der Waals surface area contributed by atoms with Crippen molar-refractivity contribution in [1.29, 1.82) is 0 Å². The number of hydrogen-bond donors (Lipinski definition) is 1. The van der Waals surface area contributed by atoms with Gasteiger partial charge in [-0.2, -0.15) is 0 Å². The van der Waals surface area contributed by atoms with Gasteiger partial charge in [0.25, 0.3) is 6.23 Å². The van der Waals surface area contributed by atoms with Gasteiger partial charge in [-0.05, 0) is 69.3 Å². The molecule has 1 heterocycles. The minimum atomic E-state index is -1.07. The second-order valence-corrected chi connectivity index (χ2v) is 7.17. The van der Waals surface area contributed by atoms with Crippen LogP contribution in [0.4, 0.5) is 11.4 Å². The van der Waals surface area contributed by atoms with Crippen LogP contribution in [0.25, 0.3) is 0 Å². The predicted molar refractivity (Wildman–Crippen MR) is 110 cm³/mol. The Morgan fingerprint density at radius 2 is 1.81 bits per heavy atom. The molecule has 0 spiro atoms. The fourth-order valence-electron chi connectivity index (χ4n) is 2.01. The number of benzene rings is 2. The first-order chi connectivity index (χ1) is 13.1. The Hall–Kier alpha value is -2.78. The first-order valence-electron chi connectivity index (χ1n) is 7.77. The molecule has 0 radical (unpaired) electrons. The van der Waals surface area contributed by atoms with Crippen LogP contribution in [0.1, 0.15) is 0 Å². The molecule has 3 rings (SSSR count). The van der Waals surface area contributed by atoms with Gasteiger partial charge in [-0.3, -0.25) is 4.99 Å². The fourth-order valence-corrected chi connectivity index (χ4v) is 2.90. The second-order valence-electron chi connectivity index (χ2n) is 5.21. The molecule has 3 aromatic rings. The summed E-state index contributed by atoms with van der Waals surface area (Å²) in [5.74, 6) is 0.384. The minimum Gasteiger partial charge on any atom is -0.458 e. The number of halogens is 1.